The van der Waals surface area contributed by atoms with Gasteiger partial charge < -0.3 is 14.8 Å². The summed E-state index contributed by atoms with van der Waals surface area (Å²) in [5.41, 5.74) is 0.0840. The molecule has 0 fully saturated rings. The van der Waals surface area contributed by atoms with E-state index in [4.69, 9.17) is 9.47 Å². The van der Waals surface area contributed by atoms with Crippen molar-refractivity contribution in [1.29, 1.82) is 0 Å². The van der Waals surface area contributed by atoms with Gasteiger partial charge in [0.1, 0.15) is 18.5 Å². The van der Waals surface area contributed by atoms with Crippen LogP contribution in [-0.4, -0.2) is 30.8 Å². The fourth-order valence-electron chi connectivity index (χ4n) is 1.74. The van der Waals surface area contributed by atoms with E-state index in [1.165, 1.54) is 0 Å². The van der Waals surface area contributed by atoms with E-state index in [9.17, 15) is 4.79 Å². The molecule has 0 radical (unpaired) electrons. The Hall–Kier alpha value is -1.55. The molecule has 1 unspecified atom stereocenters. The van der Waals surface area contributed by atoms with Crippen LogP contribution in [0.25, 0.3) is 0 Å². The zero-order chi connectivity index (χ0) is 15.7. The van der Waals surface area contributed by atoms with Crippen molar-refractivity contribution in [2.75, 3.05) is 13.2 Å². The minimum Gasteiger partial charge on any atom is -0.490 e. The van der Waals surface area contributed by atoms with Crippen LogP contribution < -0.4 is 10.1 Å². The SMILES string of the molecule is CC(COc1ccccc1)OC(=O)CCCNC(C)(C)C. The van der Waals surface area contributed by atoms with Crippen molar-refractivity contribution >= 4 is 5.97 Å². The summed E-state index contributed by atoms with van der Waals surface area (Å²) in [6.07, 6.45) is 0.967. The van der Waals surface area contributed by atoms with Crippen LogP contribution in [0.1, 0.15) is 40.5 Å². The normalized spacial score (nSPS) is 12.8. The van der Waals surface area contributed by atoms with Crippen LogP contribution in [0, 0.1) is 0 Å². The van der Waals surface area contributed by atoms with Crippen molar-refractivity contribution in [3.8, 4) is 5.75 Å². The predicted molar refractivity (Wildman–Crippen MR) is 84.5 cm³/mol. The van der Waals surface area contributed by atoms with E-state index in [-0.39, 0.29) is 17.6 Å². The Kier molecular flexibility index (Phi) is 7.23. The zero-order valence-corrected chi connectivity index (χ0v) is 13.5. The van der Waals surface area contributed by atoms with Gasteiger partial charge in [-0.2, -0.15) is 0 Å². The molecule has 4 heteroatoms. The number of para-hydroxylation sites is 1. The summed E-state index contributed by atoms with van der Waals surface area (Å²) in [4.78, 5) is 11.7. The summed E-state index contributed by atoms with van der Waals surface area (Å²) in [6, 6.07) is 9.52. The average Bonchev–Trinajstić information content (AvgIpc) is 2.41. The van der Waals surface area contributed by atoms with E-state index >= 15 is 0 Å². The number of nitrogens with one attached hydrogen (secondary N) is 1. The molecule has 0 aromatic heterocycles. The van der Waals surface area contributed by atoms with E-state index in [1.54, 1.807) is 0 Å². The molecule has 1 aromatic rings. The first-order chi connectivity index (χ1) is 9.87. The molecular formula is C17H27NO3. The van der Waals surface area contributed by atoms with Crippen molar-refractivity contribution < 1.29 is 14.3 Å². The lowest BCUT2D eigenvalue weighted by atomic mass is 10.1. The lowest BCUT2D eigenvalue weighted by Gasteiger charge is -2.20. The Morgan fingerprint density at radius 3 is 2.52 bits per heavy atom. The summed E-state index contributed by atoms with van der Waals surface area (Å²) in [5.74, 6) is 0.615. The highest BCUT2D eigenvalue weighted by Crippen LogP contribution is 2.09. The molecule has 1 rings (SSSR count). The Bertz CT molecular complexity index is 412. The maximum absolute atomic E-state index is 11.7. The van der Waals surface area contributed by atoms with Gasteiger partial charge in [-0.3, -0.25) is 4.79 Å². The van der Waals surface area contributed by atoms with Gasteiger partial charge in [-0.05, 0) is 52.8 Å². The van der Waals surface area contributed by atoms with Crippen molar-refractivity contribution in [3.05, 3.63) is 30.3 Å². The number of hydrogen-bond donors (Lipinski definition) is 1. The average molecular weight is 293 g/mol. The second-order valence-electron chi connectivity index (χ2n) is 6.20. The Morgan fingerprint density at radius 1 is 1.24 bits per heavy atom. The molecule has 0 aliphatic heterocycles. The van der Waals surface area contributed by atoms with Crippen molar-refractivity contribution in [1.82, 2.24) is 5.32 Å². The topological polar surface area (TPSA) is 47.6 Å². The number of ether oxygens (including phenoxy) is 2. The second kappa shape index (κ2) is 8.67. The molecule has 1 aromatic carbocycles. The summed E-state index contributed by atoms with van der Waals surface area (Å²) in [5, 5.41) is 3.34. The van der Waals surface area contributed by atoms with E-state index in [2.05, 4.69) is 26.1 Å². The van der Waals surface area contributed by atoms with Gasteiger partial charge in [0.05, 0.1) is 0 Å². The molecule has 0 heterocycles. The van der Waals surface area contributed by atoms with Gasteiger partial charge in [0.25, 0.3) is 0 Å². The minimum absolute atomic E-state index is 0.0840. The number of benzene rings is 1. The molecule has 1 N–H and O–H groups in total. The van der Waals surface area contributed by atoms with Crippen LogP contribution >= 0.6 is 0 Å². The van der Waals surface area contributed by atoms with E-state index in [1.807, 2.05) is 37.3 Å². The van der Waals surface area contributed by atoms with Gasteiger partial charge >= 0.3 is 5.97 Å². The lowest BCUT2D eigenvalue weighted by molar-refractivity contribution is -0.149. The molecular weight excluding hydrogens is 266 g/mol. The number of carbonyl (C=O) groups is 1. The first-order valence-electron chi connectivity index (χ1n) is 7.49. The Labute approximate surface area is 127 Å². The fourth-order valence-corrected chi connectivity index (χ4v) is 1.74. The quantitative estimate of drug-likeness (QED) is 0.591. The van der Waals surface area contributed by atoms with Gasteiger partial charge in [0.2, 0.25) is 0 Å². The fraction of sp³-hybridized carbons (Fsp3) is 0.588. The minimum atomic E-state index is -0.242. The Balaban J connectivity index is 2.13. The van der Waals surface area contributed by atoms with Gasteiger partial charge in [0, 0.05) is 12.0 Å². The molecule has 0 aliphatic rings. The predicted octanol–water partition coefficient (Wildman–Crippen LogP) is 3.17. The first kappa shape index (κ1) is 17.5. The molecule has 21 heavy (non-hydrogen) atoms. The van der Waals surface area contributed by atoms with Crippen molar-refractivity contribution in [3.63, 3.8) is 0 Å². The molecule has 4 nitrogen and oxygen atoms in total. The van der Waals surface area contributed by atoms with Crippen LogP contribution in [0.2, 0.25) is 0 Å². The number of hydrogen-bond acceptors (Lipinski definition) is 4. The molecule has 0 spiro atoms. The molecule has 0 saturated heterocycles. The van der Waals surface area contributed by atoms with Crippen LogP contribution in [0.4, 0.5) is 0 Å². The highest BCUT2D eigenvalue weighted by molar-refractivity contribution is 5.69. The maximum atomic E-state index is 11.7. The van der Waals surface area contributed by atoms with E-state index < -0.39 is 0 Å². The van der Waals surface area contributed by atoms with Gasteiger partial charge in [-0.1, -0.05) is 18.2 Å². The first-order valence-corrected chi connectivity index (χ1v) is 7.49. The molecule has 0 amide bonds. The second-order valence-corrected chi connectivity index (χ2v) is 6.20. The number of esters is 1. The third-order valence-electron chi connectivity index (χ3n) is 2.77. The molecule has 1 atom stereocenters. The summed E-state index contributed by atoms with van der Waals surface area (Å²) >= 11 is 0. The monoisotopic (exact) mass is 293 g/mol. The third-order valence-corrected chi connectivity index (χ3v) is 2.77. The lowest BCUT2D eigenvalue weighted by Crippen LogP contribution is -2.36. The van der Waals surface area contributed by atoms with Gasteiger partial charge in [-0.15, -0.1) is 0 Å². The zero-order valence-electron chi connectivity index (χ0n) is 13.5. The maximum Gasteiger partial charge on any atom is 0.306 e. The van der Waals surface area contributed by atoms with Crippen molar-refractivity contribution in [2.45, 2.75) is 52.2 Å². The highest BCUT2D eigenvalue weighted by atomic mass is 16.6. The summed E-state index contributed by atoms with van der Waals surface area (Å²) < 4.78 is 10.9. The molecule has 0 saturated carbocycles. The van der Waals surface area contributed by atoms with Crippen LogP contribution in [0.3, 0.4) is 0 Å². The standard InChI is InChI=1S/C17H27NO3/c1-14(13-20-15-9-6-5-7-10-15)21-16(19)11-8-12-18-17(2,3)4/h5-7,9-10,14,18H,8,11-13H2,1-4H3. The van der Waals surface area contributed by atoms with Crippen molar-refractivity contribution in [2.24, 2.45) is 0 Å². The summed E-state index contributed by atoms with van der Waals surface area (Å²) in [6.45, 7) is 9.34. The smallest absolute Gasteiger partial charge is 0.306 e. The molecule has 0 aliphatic carbocycles. The molecule has 118 valence electrons. The third kappa shape index (κ3) is 9.08. The van der Waals surface area contributed by atoms with Crippen LogP contribution in [-0.2, 0) is 9.53 Å². The highest BCUT2D eigenvalue weighted by Gasteiger charge is 2.12. The number of rotatable bonds is 8. The summed E-state index contributed by atoms with van der Waals surface area (Å²) in [7, 11) is 0. The van der Waals surface area contributed by atoms with Crippen LogP contribution in [0.15, 0.2) is 30.3 Å². The van der Waals surface area contributed by atoms with E-state index in [0.29, 0.717) is 13.0 Å². The van der Waals surface area contributed by atoms with Gasteiger partial charge in [0.15, 0.2) is 0 Å². The van der Waals surface area contributed by atoms with E-state index in [0.717, 1.165) is 18.7 Å². The molecule has 0 bridgehead atoms. The van der Waals surface area contributed by atoms with Crippen LogP contribution in [0.5, 0.6) is 5.75 Å². The largest absolute Gasteiger partial charge is 0.490 e. The Morgan fingerprint density at radius 2 is 1.90 bits per heavy atom. The van der Waals surface area contributed by atoms with Gasteiger partial charge in [-0.25, -0.2) is 0 Å². The number of carbonyl (C=O) groups excluding carboxylic acids is 1.